The Kier molecular flexibility index (Phi) is 9.99. The maximum Gasteiger partial charge on any atom is 0.191 e. The van der Waals surface area contributed by atoms with E-state index in [2.05, 4.69) is 31.6 Å². The molecule has 0 amide bonds. The molecule has 0 aliphatic rings. The number of benzene rings is 2. The first kappa shape index (κ1) is 21.9. The SMILES string of the molecule is CN=C(NCc1ccc(Br)cc1F)NCC(CO)c1ccccc1.I. The molecule has 2 aromatic carbocycles. The molecule has 2 rings (SSSR count). The van der Waals surface area contributed by atoms with Crippen molar-refractivity contribution in [2.24, 2.45) is 4.99 Å². The van der Waals surface area contributed by atoms with Gasteiger partial charge in [-0.2, -0.15) is 0 Å². The zero-order valence-electron chi connectivity index (χ0n) is 13.9. The maximum absolute atomic E-state index is 13.8. The zero-order chi connectivity index (χ0) is 17.4. The molecule has 7 heteroatoms. The molecule has 0 heterocycles. The molecule has 25 heavy (non-hydrogen) atoms. The summed E-state index contributed by atoms with van der Waals surface area (Å²) < 4.78 is 14.5. The standard InChI is InChI=1S/C18H21BrFN3O.HI/c1-21-18(22-10-14-7-8-16(19)9-17(14)20)23-11-15(12-24)13-5-3-2-4-6-13;/h2-9,15,24H,10-12H2,1H3,(H2,21,22,23);1H. The van der Waals surface area contributed by atoms with Crippen molar-refractivity contribution in [1.29, 1.82) is 0 Å². The Balaban J connectivity index is 0.00000312. The van der Waals surface area contributed by atoms with Crippen LogP contribution < -0.4 is 10.6 Å². The molecule has 0 aromatic heterocycles. The van der Waals surface area contributed by atoms with Gasteiger partial charge >= 0.3 is 0 Å². The van der Waals surface area contributed by atoms with Gasteiger partial charge < -0.3 is 15.7 Å². The van der Waals surface area contributed by atoms with E-state index < -0.39 is 0 Å². The van der Waals surface area contributed by atoms with Crippen molar-refractivity contribution in [3.05, 3.63) is 69.9 Å². The van der Waals surface area contributed by atoms with Gasteiger partial charge in [0.2, 0.25) is 0 Å². The van der Waals surface area contributed by atoms with E-state index in [1.165, 1.54) is 6.07 Å². The summed E-state index contributed by atoms with van der Waals surface area (Å²) in [7, 11) is 1.66. The monoisotopic (exact) mass is 521 g/mol. The number of aliphatic hydroxyl groups excluding tert-OH is 1. The van der Waals surface area contributed by atoms with Crippen molar-refractivity contribution in [3.63, 3.8) is 0 Å². The molecule has 0 aliphatic carbocycles. The Bertz CT molecular complexity index is 685. The van der Waals surface area contributed by atoms with Crippen molar-refractivity contribution in [2.45, 2.75) is 12.5 Å². The van der Waals surface area contributed by atoms with Crippen LogP contribution in [0, 0.1) is 5.82 Å². The Hall–Kier alpha value is -1.19. The Morgan fingerprint density at radius 2 is 1.92 bits per heavy atom. The summed E-state index contributed by atoms with van der Waals surface area (Å²) >= 11 is 3.24. The first-order valence-corrected chi connectivity index (χ1v) is 8.47. The van der Waals surface area contributed by atoms with Crippen LogP contribution in [0.1, 0.15) is 17.0 Å². The average molecular weight is 522 g/mol. The zero-order valence-corrected chi connectivity index (χ0v) is 17.8. The lowest BCUT2D eigenvalue weighted by Gasteiger charge is -2.18. The van der Waals surface area contributed by atoms with Gasteiger partial charge in [0.1, 0.15) is 5.82 Å². The van der Waals surface area contributed by atoms with E-state index in [0.717, 1.165) is 5.56 Å². The molecule has 2 aromatic rings. The number of rotatable bonds is 6. The fourth-order valence-corrected chi connectivity index (χ4v) is 2.63. The van der Waals surface area contributed by atoms with Crippen LogP contribution in [0.3, 0.4) is 0 Å². The lowest BCUT2D eigenvalue weighted by atomic mass is 10.0. The summed E-state index contributed by atoms with van der Waals surface area (Å²) in [6, 6.07) is 14.8. The van der Waals surface area contributed by atoms with Crippen LogP contribution in [0.4, 0.5) is 4.39 Å². The minimum Gasteiger partial charge on any atom is -0.396 e. The smallest absolute Gasteiger partial charge is 0.191 e. The van der Waals surface area contributed by atoms with E-state index in [-0.39, 0.29) is 42.3 Å². The minimum absolute atomic E-state index is 0. The molecule has 1 unspecified atom stereocenters. The highest BCUT2D eigenvalue weighted by atomic mass is 127. The van der Waals surface area contributed by atoms with Gasteiger partial charge in [0, 0.05) is 36.1 Å². The summed E-state index contributed by atoms with van der Waals surface area (Å²) in [6.07, 6.45) is 0. The lowest BCUT2D eigenvalue weighted by Crippen LogP contribution is -2.39. The molecule has 0 fully saturated rings. The summed E-state index contributed by atoms with van der Waals surface area (Å²) in [4.78, 5) is 4.13. The molecule has 1 atom stereocenters. The lowest BCUT2D eigenvalue weighted by molar-refractivity contribution is 0.265. The van der Waals surface area contributed by atoms with Crippen LogP contribution in [0.5, 0.6) is 0 Å². The molecular formula is C18H22BrFIN3O. The quantitative estimate of drug-likeness (QED) is 0.309. The molecule has 3 N–H and O–H groups in total. The van der Waals surface area contributed by atoms with E-state index in [0.29, 0.717) is 29.1 Å². The molecule has 0 spiro atoms. The Labute approximate surface area is 173 Å². The van der Waals surface area contributed by atoms with Gasteiger partial charge in [-0.25, -0.2) is 4.39 Å². The molecule has 0 saturated heterocycles. The number of hydrogen-bond acceptors (Lipinski definition) is 2. The van der Waals surface area contributed by atoms with E-state index in [1.54, 1.807) is 19.2 Å². The van der Waals surface area contributed by atoms with Crippen molar-refractivity contribution < 1.29 is 9.50 Å². The van der Waals surface area contributed by atoms with Crippen molar-refractivity contribution >= 4 is 45.9 Å². The van der Waals surface area contributed by atoms with Gasteiger partial charge in [-0.1, -0.05) is 52.3 Å². The van der Waals surface area contributed by atoms with Gasteiger partial charge in [0.05, 0.1) is 6.61 Å². The van der Waals surface area contributed by atoms with Crippen molar-refractivity contribution in [2.75, 3.05) is 20.2 Å². The largest absolute Gasteiger partial charge is 0.396 e. The number of halogens is 3. The number of hydrogen-bond donors (Lipinski definition) is 3. The van der Waals surface area contributed by atoms with Crippen LogP contribution in [0.15, 0.2) is 58.0 Å². The number of guanidine groups is 1. The first-order valence-electron chi connectivity index (χ1n) is 7.68. The number of aliphatic hydroxyl groups is 1. The average Bonchev–Trinajstić information content (AvgIpc) is 2.60. The third-order valence-electron chi connectivity index (χ3n) is 3.69. The van der Waals surface area contributed by atoms with Crippen molar-refractivity contribution in [3.8, 4) is 0 Å². The topological polar surface area (TPSA) is 56.7 Å². The van der Waals surface area contributed by atoms with Gasteiger partial charge in [-0.15, -0.1) is 24.0 Å². The fourth-order valence-electron chi connectivity index (χ4n) is 2.30. The number of nitrogens with one attached hydrogen (secondary N) is 2. The highest BCUT2D eigenvalue weighted by Gasteiger charge is 2.11. The van der Waals surface area contributed by atoms with E-state index in [1.807, 2.05) is 30.3 Å². The van der Waals surface area contributed by atoms with Crippen LogP contribution in [-0.2, 0) is 6.54 Å². The Morgan fingerprint density at radius 1 is 1.20 bits per heavy atom. The summed E-state index contributed by atoms with van der Waals surface area (Å²) in [5.74, 6) is 0.255. The maximum atomic E-state index is 13.8. The summed E-state index contributed by atoms with van der Waals surface area (Å²) in [5, 5.41) is 15.8. The third-order valence-corrected chi connectivity index (χ3v) is 4.19. The van der Waals surface area contributed by atoms with Crippen LogP contribution >= 0.6 is 39.9 Å². The number of aliphatic imine (C=N–C) groups is 1. The molecular weight excluding hydrogens is 500 g/mol. The molecule has 0 bridgehead atoms. The minimum atomic E-state index is -0.273. The predicted molar refractivity (Wildman–Crippen MR) is 114 cm³/mol. The van der Waals surface area contributed by atoms with Crippen LogP contribution in [0.25, 0.3) is 0 Å². The molecule has 4 nitrogen and oxygen atoms in total. The van der Waals surface area contributed by atoms with Gasteiger partial charge in [0.25, 0.3) is 0 Å². The van der Waals surface area contributed by atoms with Crippen LogP contribution in [-0.4, -0.2) is 31.3 Å². The van der Waals surface area contributed by atoms with E-state index >= 15 is 0 Å². The molecule has 136 valence electrons. The highest BCUT2D eigenvalue weighted by Crippen LogP contribution is 2.15. The van der Waals surface area contributed by atoms with Crippen molar-refractivity contribution in [1.82, 2.24) is 10.6 Å². The van der Waals surface area contributed by atoms with E-state index in [9.17, 15) is 9.50 Å². The third kappa shape index (κ3) is 6.91. The van der Waals surface area contributed by atoms with Crippen LogP contribution in [0.2, 0.25) is 0 Å². The second kappa shape index (κ2) is 11.4. The Morgan fingerprint density at radius 3 is 2.52 bits per heavy atom. The molecule has 0 radical (unpaired) electrons. The van der Waals surface area contributed by atoms with Gasteiger partial charge in [-0.3, -0.25) is 4.99 Å². The van der Waals surface area contributed by atoms with E-state index in [4.69, 9.17) is 0 Å². The summed E-state index contributed by atoms with van der Waals surface area (Å²) in [6.45, 7) is 0.895. The fraction of sp³-hybridized carbons (Fsp3) is 0.278. The summed E-state index contributed by atoms with van der Waals surface area (Å²) in [5.41, 5.74) is 1.62. The van der Waals surface area contributed by atoms with Gasteiger partial charge in [0.15, 0.2) is 5.96 Å². The first-order chi connectivity index (χ1) is 11.6. The second-order valence-corrected chi connectivity index (χ2v) is 6.25. The normalized spacial score (nSPS) is 12.2. The number of nitrogens with zero attached hydrogens (tertiary/aromatic N) is 1. The van der Waals surface area contributed by atoms with Gasteiger partial charge in [-0.05, 0) is 17.7 Å². The highest BCUT2D eigenvalue weighted by molar-refractivity contribution is 14.0. The predicted octanol–water partition coefficient (Wildman–Crippen LogP) is 3.65. The second-order valence-electron chi connectivity index (χ2n) is 5.33. The molecule has 0 saturated carbocycles. The molecule has 0 aliphatic heterocycles.